The van der Waals surface area contributed by atoms with E-state index in [9.17, 15) is 4.79 Å². The van der Waals surface area contributed by atoms with Crippen molar-refractivity contribution in [1.29, 1.82) is 0 Å². The predicted molar refractivity (Wildman–Crippen MR) is 123 cm³/mol. The van der Waals surface area contributed by atoms with Gasteiger partial charge in [0.05, 0.1) is 18.4 Å². The molecule has 8 nitrogen and oxygen atoms in total. The van der Waals surface area contributed by atoms with Crippen LogP contribution in [-0.2, 0) is 11.3 Å². The number of aromatic nitrogens is 3. The van der Waals surface area contributed by atoms with Crippen molar-refractivity contribution in [3.63, 3.8) is 0 Å². The summed E-state index contributed by atoms with van der Waals surface area (Å²) < 4.78 is 10.9. The van der Waals surface area contributed by atoms with Gasteiger partial charge in [-0.2, -0.15) is 4.98 Å². The normalized spacial score (nSPS) is 14.4. The van der Waals surface area contributed by atoms with E-state index in [1.165, 1.54) is 0 Å². The zero-order valence-corrected chi connectivity index (χ0v) is 18.4. The second kappa shape index (κ2) is 9.28. The Bertz CT molecular complexity index is 1230. The third-order valence-corrected chi connectivity index (χ3v) is 5.90. The summed E-state index contributed by atoms with van der Waals surface area (Å²) >= 11 is 0. The fourth-order valence-corrected chi connectivity index (χ4v) is 4.14. The van der Waals surface area contributed by atoms with Crippen LogP contribution in [-0.4, -0.2) is 34.1 Å². The summed E-state index contributed by atoms with van der Waals surface area (Å²) in [5.74, 6) is 2.57. The molecule has 0 spiro atoms. The molecule has 1 fully saturated rings. The number of anilines is 1. The maximum absolute atomic E-state index is 12.6. The van der Waals surface area contributed by atoms with Crippen molar-refractivity contribution >= 4 is 11.7 Å². The summed E-state index contributed by atoms with van der Waals surface area (Å²) in [6, 6.07) is 15.5. The number of furan rings is 1. The Morgan fingerprint density at radius 1 is 1.15 bits per heavy atom. The maximum Gasteiger partial charge on any atom is 0.261 e. The van der Waals surface area contributed by atoms with E-state index in [2.05, 4.69) is 25.3 Å². The van der Waals surface area contributed by atoms with Crippen molar-refractivity contribution in [3.05, 3.63) is 72.3 Å². The SMILES string of the molecule is Cc1cccc(-c2noc(-c3cccnc3N3CCC(C(=O)NCc4ccco4)CC3)n2)c1. The summed E-state index contributed by atoms with van der Waals surface area (Å²) in [5, 5.41) is 7.14. The zero-order valence-electron chi connectivity index (χ0n) is 18.4. The minimum atomic E-state index is -0.0281. The predicted octanol–water partition coefficient (Wildman–Crippen LogP) is 4.23. The van der Waals surface area contributed by atoms with Crippen LogP contribution in [0, 0.1) is 12.8 Å². The van der Waals surface area contributed by atoms with Gasteiger partial charge in [-0.05, 0) is 50.1 Å². The van der Waals surface area contributed by atoms with E-state index < -0.39 is 0 Å². The molecular formula is C25H25N5O3. The Kier molecular flexibility index (Phi) is 5.89. The fraction of sp³-hybridized carbons (Fsp3) is 0.280. The van der Waals surface area contributed by atoms with Crippen LogP contribution in [0.4, 0.5) is 5.82 Å². The van der Waals surface area contributed by atoms with Crippen LogP contribution >= 0.6 is 0 Å². The largest absolute Gasteiger partial charge is 0.467 e. The smallest absolute Gasteiger partial charge is 0.261 e. The summed E-state index contributed by atoms with van der Waals surface area (Å²) in [6.07, 6.45) is 4.87. The molecule has 0 unspecified atom stereocenters. The lowest BCUT2D eigenvalue weighted by Crippen LogP contribution is -2.40. The van der Waals surface area contributed by atoms with Gasteiger partial charge in [0.15, 0.2) is 0 Å². The topological polar surface area (TPSA) is 97.3 Å². The number of hydrogen-bond acceptors (Lipinski definition) is 7. The van der Waals surface area contributed by atoms with E-state index in [1.54, 1.807) is 12.5 Å². The van der Waals surface area contributed by atoms with Crippen LogP contribution < -0.4 is 10.2 Å². The summed E-state index contributed by atoms with van der Waals surface area (Å²) in [7, 11) is 0. The number of nitrogens with zero attached hydrogens (tertiary/aromatic N) is 4. The van der Waals surface area contributed by atoms with Gasteiger partial charge in [-0.1, -0.05) is 28.9 Å². The first-order chi connectivity index (χ1) is 16.2. The zero-order chi connectivity index (χ0) is 22.6. The van der Waals surface area contributed by atoms with Gasteiger partial charge in [-0.15, -0.1) is 0 Å². The second-order valence-corrected chi connectivity index (χ2v) is 8.23. The van der Waals surface area contributed by atoms with Gasteiger partial charge in [0.1, 0.15) is 11.6 Å². The molecule has 3 aromatic heterocycles. The molecule has 1 aliphatic rings. The van der Waals surface area contributed by atoms with Gasteiger partial charge in [0.25, 0.3) is 5.89 Å². The minimum Gasteiger partial charge on any atom is -0.467 e. The molecule has 1 aliphatic heterocycles. The quantitative estimate of drug-likeness (QED) is 0.476. The maximum atomic E-state index is 12.6. The van der Waals surface area contributed by atoms with Gasteiger partial charge in [-0.25, -0.2) is 4.98 Å². The highest BCUT2D eigenvalue weighted by molar-refractivity contribution is 5.79. The summed E-state index contributed by atoms with van der Waals surface area (Å²) in [5.41, 5.74) is 2.85. The number of aryl methyl sites for hydroxylation is 1. The molecule has 168 valence electrons. The monoisotopic (exact) mass is 443 g/mol. The van der Waals surface area contributed by atoms with E-state index in [4.69, 9.17) is 8.94 Å². The Labute approximate surface area is 191 Å². The second-order valence-electron chi connectivity index (χ2n) is 8.23. The average Bonchev–Trinajstić information content (AvgIpc) is 3.55. The molecule has 1 saturated heterocycles. The molecule has 1 N–H and O–H groups in total. The first kappa shape index (κ1) is 20.9. The van der Waals surface area contributed by atoms with Crippen LogP contribution in [0.25, 0.3) is 22.8 Å². The molecule has 8 heteroatoms. The summed E-state index contributed by atoms with van der Waals surface area (Å²) in [4.78, 5) is 24.0. The number of piperidine rings is 1. The third-order valence-electron chi connectivity index (χ3n) is 5.90. The van der Waals surface area contributed by atoms with E-state index >= 15 is 0 Å². The number of hydrogen-bond donors (Lipinski definition) is 1. The molecule has 1 aromatic carbocycles. The number of pyridine rings is 1. The van der Waals surface area contributed by atoms with Crippen LogP contribution in [0.2, 0.25) is 0 Å². The van der Waals surface area contributed by atoms with Crippen LogP contribution in [0.3, 0.4) is 0 Å². The van der Waals surface area contributed by atoms with Gasteiger partial charge < -0.3 is 19.2 Å². The highest BCUT2D eigenvalue weighted by Crippen LogP contribution is 2.32. The number of nitrogens with one attached hydrogen (secondary N) is 1. The van der Waals surface area contributed by atoms with Crippen LogP contribution in [0.15, 0.2) is 69.9 Å². The molecule has 0 aliphatic carbocycles. The highest BCUT2D eigenvalue weighted by atomic mass is 16.5. The van der Waals surface area contributed by atoms with Crippen molar-refractivity contribution in [1.82, 2.24) is 20.4 Å². The van der Waals surface area contributed by atoms with Gasteiger partial charge >= 0.3 is 0 Å². The molecule has 0 atom stereocenters. The fourth-order valence-electron chi connectivity index (χ4n) is 4.14. The third kappa shape index (κ3) is 4.64. The van der Waals surface area contributed by atoms with Crippen molar-refractivity contribution in [2.24, 2.45) is 5.92 Å². The molecule has 4 heterocycles. The Balaban J connectivity index is 1.27. The van der Waals surface area contributed by atoms with Gasteiger partial charge in [0, 0.05) is 30.8 Å². The molecule has 0 radical (unpaired) electrons. The van der Waals surface area contributed by atoms with E-state index in [0.717, 1.165) is 54.2 Å². The molecule has 0 bridgehead atoms. The number of benzene rings is 1. The number of amides is 1. The first-order valence-electron chi connectivity index (χ1n) is 11.1. The lowest BCUT2D eigenvalue weighted by molar-refractivity contribution is -0.125. The lowest BCUT2D eigenvalue weighted by atomic mass is 9.95. The van der Waals surface area contributed by atoms with E-state index in [1.807, 2.05) is 55.5 Å². The molecule has 33 heavy (non-hydrogen) atoms. The molecular weight excluding hydrogens is 418 g/mol. The van der Waals surface area contributed by atoms with Gasteiger partial charge in [-0.3, -0.25) is 4.79 Å². The molecule has 0 saturated carbocycles. The molecule has 4 aromatic rings. The average molecular weight is 444 g/mol. The highest BCUT2D eigenvalue weighted by Gasteiger charge is 2.28. The summed E-state index contributed by atoms with van der Waals surface area (Å²) in [6.45, 7) is 3.89. The number of rotatable bonds is 6. The van der Waals surface area contributed by atoms with E-state index in [-0.39, 0.29) is 11.8 Å². The first-order valence-corrected chi connectivity index (χ1v) is 11.1. The Hall–Kier alpha value is -3.94. The molecule has 5 rings (SSSR count). The van der Waals surface area contributed by atoms with Crippen molar-refractivity contribution in [3.8, 4) is 22.8 Å². The van der Waals surface area contributed by atoms with Crippen molar-refractivity contribution in [2.75, 3.05) is 18.0 Å². The van der Waals surface area contributed by atoms with Crippen LogP contribution in [0.1, 0.15) is 24.2 Å². The number of carbonyl (C=O) groups excluding carboxylic acids is 1. The Morgan fingerprint density at radius 2 is 2.03 bits per heavy atom. The van der Waals surface area contributed by atoms with Crippen molar-refractivity contribution < 1.29 is 13.7 Å². The number of carbonyl (C=O) groups is 1. The van der Waals surface area contributed by atoms with Gasteiger partial charge in [0.2, 0.25) is 11.7 Å². The lowest BCUT2D eigenvalue weighted by Gasteiger charge is -2.32. The van der Waals surface area contributed by atoms with Crippen LogP contribution in [0.5, 0.6) is 0 Å². The molecule has 1 amide bonds. The van der Waals surface area contributed by atoms with Crippen molar-refractivity contribution in [2.45, 2.75) is 26.3 Å². The standard InChI is InChI=1S/C25H25N5O3/c1-17-5-2-6-19(15-17)22-28-25(33-29-22)21-8-3-11-26-23(21)30-12-9-18(10-13-30)24(31)27-16-20-7-4-14-32-20/h2-8,11,14-15,18H,9-10,12-13,16H2,1H3,(H,27,31). The minimum absolute atomic E-state index is 0.0281. The Morgan fingerprint density at radius 3 is 2.82 bits per heavy atom. The van der Waals surface area contributed by atoms with E-state index in [0.29, 0.717) is 18.3 Å².